The third kappa shape index (κ3) is 5.88. The molecule has 10 nitrogen and oxygen atoms in total. The van der Waals surface area contributed by atoms with E-state index in [4.69, 9.17) is 4.74 Å². The van der Waals surface area contributed by atoms with Gasteiger partial charge in [0, 0.05) is 39.4 Å². The van der Waals surface area contributed by atoms with Crippen molar-refractivity contribution in [2.75, 3.05) is 32.1 Å². The van der Waals surface area contributed by atoms with Gasteiger partial charge in [-0.1, -0.05) is 0 Å². The maximum atomic E-state index is 13.7. The molecule has 1 saturated carbocycles. The van der Waals surface area contributed by atoms with Gasteiger partial charge in [0.25, 0.3) is 5.91 Å². The number of carbonyl (C=O) groups is 2. The van der Waals surface area contributed by atoms with Gasteiger partial charge in [0.05, 0.1) is 24.5 Å². The summed E-state index contributed by atoms with van der Waals surface area (Å²) >= 11 is 0. The highest BCUT2D eigenvalue weighted by atomic mass is 19.1. The predicted octanol–water partition coefficient (Wildman–Crippen LogP) is 3.29. The van der Waals surface area contributed by atoms with Crippen LogP contribution in [0.5, 0.6) is 0 Å². The first-order chi connectivity index (χ1) is 16.4. The average molecular weight is 476 g/mol. The summed E-state index contributed by atoms with van der Waals surface area (Å²) in [6, 6.07) is 0.0838. The number of methoxy groups -OCH3 is 1. The molecule has 186 valence electrons. The van der Waals surface area contributed by atoms with Crippen LogP contribution in [-0.4, -0.2) is 69.3 Å². The molecule has 3 rings (SSSR count). The van der Waals surface area contributed by atoms with Gasteiger partial charge >= 0.3 is 0 Å². The fourth-order valence-corrected chi connectivity index (χ4v) is 4.21. The van der Waals surface area contributed by atoms with Gasteiger partial charge in [0.2, 0.25) is 0 Å². The second-order valence-electron chi connectivity index (χ2n) is 8.50. The van der Waals surface area contributed by atoms with Crippen LogP contribution in [-0.2, 0) is 23.3 Å². The molecule has 0 aliphatic heterocycles. The Kier molecular flexibility index (Phi) is 8.91. The molecule has 1 amide bonds. The second kappa shape index (κ2) is 11.9. The molecule has 2 aromatic heterocycles. The molecular weight excluding hydrogens is 441 g/mol. The summed E-state index contributed by atoms with van der Waals surface area (Å²) in [7, 11) is 3.36. The van der Waals surface area contributed by atoms with E-state index in [1.54, 1.807) is 25.0 Å². The Morgan fingerprint density at radius 3 is 2.74 bits per heavy atom. The Balaban J connectivity index is 1.78. The van der Waals surface area contributed by atoms with Crippen molar-refractivity contribution in [3.05, 3.63) is 23.7 Å². The third-order valence-electron chi connectivity index (χ3n) is 6.32. The van der Waals surface area contributed by atoms with Crippen LogP contribution in [0.1, 0.15) is 61.6 Å². The van der Waals surface area contributed by atoms with Gasteiger partial charge in [0.1, 0.15) is 30.1 Å². The molecule has 1 fully saturated rings. The number of aliphatic imine (C=N–C) groups is 1. The van der Waals surface area contributed by atoms with Crippen LogP contribution in [0.4, 0.5) is 15.9 Å². The molecule has 0 unspecified atom stereocenters. The first-order valence-corrected chi connectivity index (χ1v) is 11.6. The lowest BCUT2D eigenvalue weighted by Crippen LogP contribution is -2.31. The molecule has 1 aliphatic carbocycles. The van der Waals surface area contributed by atoms with Crippen LogP contribution in [0, 0.1) is 5.92 Å². The average Bonchev–Trinajstić information content (AvgIpc) is 3.42. The zero-order chi connectivity index (χ0) is 24.7. The van der Waals surface area contributed by atoms with Gasteiger partial charge in [-0.2, -0.15) is 10.2 Å². The normalized spacial score (nSPS) is 18.7. The van der Waals surface area contributed by atoms with Gasteiger partial charge in [-0.05, 0) is 39.5 Å². The molecule has 0 atom stereocenters. The molecule has 2 heterocycles. The van der Waals surface area contributed by atoms with Crippen molar-refractivity contribution in [1.82, 2.24) is 24.5 Å². The summed E-state index contributed by atoms with van der Waals surface area (Å²) in [5.74, 6) is 0.795. The number of likely N-dealkylation sites (N-methyl/N-ethyl adjacent to an activating group) is 1. The standard InChI is InChI=1S/C23H34FN7O3/c1-5-30(10-11-34-4)16(2)26-22-19(13-25-29(22)3)23(33)27-21-14-31(28-20(21)12-24)18-8-6-17(15-32)7-9-18/h13-15,17-18H,5-12H2,1-4H3,(H,27,33). The van der Waals surface area contributed by atoms with E-state index in [0.29, 0.717) is 24.7 Å². The minimum atomic E-state index is -0.797. The van der Waals surface area contributed by atoms with Crippen LogP contribution >= 0.6 is 0 Å². The number of anilines is 1. The van der Waals surface area contributed by atoms with Crippen LogP contribution in [0.3, 0.4) is 0 Å². The molecule has 0 saturated heterocycles. The van der Waals surface area contributed by atoms with Crippen LogP contribution in [0.25, 0.3) is 0 Å². The number of nitrogens with zero attached hydrogens (tertiary/aromatic N) is 6. The lowest BCUT2D eigenvalue weighted by molar-refractivity contribution is -0.112. The molecule has 2 aromatic rings. The van der Waals surface area contributed by atoms with Gasteiger partial charge in [-0.3, -0.25) is 14.2 Å². The van der Waals surface area contributed by atoms with E-state index in [9.17, 15) is 14.0 Å². The number of hydrogen-bond donors (Lipinski definition) is 1. The fraction of sp³-hybridized carbons (Fsp3) is 0.609. The number of rotatable bonds is 10. The maximum absolute atomic E-state index is 13.7. The highest BCUT2D eigenvalue weighted by Crippen LogP contribution is 2.32. The minimum Gasteiger partial charge on any atom is -0.383 e. The van der Waals surface area contributed by atoms with E-state index in [1.165, 1.54) is 10.9 Å². The number of alkyl halides is 1. The molecule has 0 radical (unpaired) electrons. The molecule has 11 heteroatoms. The van der Waals surface area contributed by atoms with E-state index >= 15 is 0 Å². The summed E-state index contributed by atoms with van der Waals surface area (Å²) in [6.45, 7) is 5.08. The molecule has 1 N–H and O–H groups in total. The van der Waals surface area contributed by atoms with Crippen molar-refractivity contribution in [3.63, 3.8) is 0 Å². The number of nitrogens with one attached hydrogen (secondary N) is 1. The number of amides is 1. The van der Waals surface area contributed by atoms with Crippen molar-refractivity contribution in [1.29, 1.82) is 0 Å². The number of carbonyl (C=O) groups excluding carboxylic acids is 2. The third-order valence-corrected chi connectivity index (χ3v) is 6.32. The summed E-state index contributed by atoms with van der Waals surface area (Å²) in [5, 5.41) is 11.3. The van der Waals surface area contributed by atoms with Gasteiger partial charge < -0.3 is 19.7 Å². The number of amidine groups is 1. The fourth-order valence-electron chi connectivity index (χ4n) is 4.21. The van der Waals surface area contributed by atoms with E-state index in [0.717, 1.165) is 44.3 Å². The largest absolute Gasteiger partial charge is 0.383 e. The first-order valence-electron chi connectivity index (χ1n) is 11.6. The van der Waals surface area contributed by atoms with Crippen molar-refractivity contribution >= 4 is 29.5 Å². The van der Waals surface area contributed by atoms with E-state index in [2.05, 4.69) is 20.5 Å². The lowest BCUT2D eigenvalue weighted by Gasteiger charge is -2.25. The van der Waals surface area contributed by atoms with Crippen molar-refractivity contribution < 1.29 is 18.7 Å². The number of aldehydes is 1. The zero-order valence-corrected chi connectivity index (χ0v) is 20.3. The monoisotopic (exact) mass is 475 g/mol. The molecule has 0 aromatic carbocycles. The SMILES string of the molecule is CCN(CCOC)C(C)=Nc1c(C(=O)Nc2cn(C3CCC(C=O)CC3)nc2CF)cnn1C. The summed E-state index contributed by atoms with van der Waals surface area (Å²) in [6.07, 6.45) is 7.29. The van der Waals surface area contributed by atoms with E-state index in [1.807, 2.05) is 18.7 Å². The van der Waals surface area contributed by atoms with Gasteiger partial charge in [-0.25, -0.2) is 9.38 Å². The Hall–Kier alpha value is -3.08. The number of ether oxygens (including phenoxy) is 1. The first kappa shape index (κ1) is 25.5. The number of aryl methyl sites for hydroxylation is 1. The molecule has 0 spiro atoms. The summed E-state index contributed by atoms with van der Waals surface area (Å²) < 4.78 is 22.1. The quantitative estimate of drug-likeness (QED) is 0.321. The van der Waals surface area contributed by atoms with E-state index in [-0.39, 0.29) is 23.2 Å². The van der Waals surface area contributed by atoms with Crippen molar-refractivity contribution in [2.45, 2.75) is 52.2 Å². The molecule has 34 heavy (non-hydrogen) atoms. The second-order valence-corrected chi connectivity index (χ2v) is 8.50. The van der Waals surface area contributed by atoms with Crippen molar-refractivity contribution in [2.24, 2.45) is 18.0 Å². The van der Waals surface area contributed by atoms with Crippen molar-refractivity contribution in [3.8, 4) is 0 Å². The van der Waals surface area contributed by atoms with Crippen LogP contribution < -0.4 is 5.32 Å². The molecule has 0 bridgehead atoms. The number of aromatic nitrogens is 4. The lowest BCUT2D eigenvalue weighted by atomic mass is 9.87. The predicted molar refractivity (Wildman–Crippen MR) is 127 cm³/mol. The Morgan fingerprint density at radius 2 is 2.12 bits per heavy atom. The highest BCUT2D eigenvalue weighted by molar-refractivity contribution is 6.07. The Bertz CT molecular complexity index is 1010. The van der Waals surface area contributed by atoms with E-state index < -0.39 is 12.6 Å². The maximum Gasteiger partial charge on any atom is 0.261 e. The minimum absolute atomic E-state index is 0.0813. The topological polar surface area (TPSA) is 107 Å². The number of hydrogen-bond acceptors (Lipinski definition) is 6. The molecular formula is C23H34FN7O3. The van der Waals surface area contributed by atoms with Crippen LogP contribution in [0.15, 0.2) is 17.4 Å². The van der Waals surface area contributed by atoms with Gasteiger partial charge in [0.15, 0.2) is 5.82 Å². The number of halogens is 1. The smallest absolute Gasteiger partial charge is 0.261 e. The Morgan fingerprint density at radius 1 is 1.38 bits per heavy atom. The van der Waals surface area contributed by atoms with Gasteiger partial charge in [-0.15, -0.1) is 0 Å². The highest BCUT2D eigenvalue weighted by Gasteiger charge is 2.25. The zero-order valence-electron chi connectivity index (χ0n) is 20.3. The van der Waals surface area contributed by atoms with Crippen LogP contribution in [0.2, 0.25) is 0 Å². The summed E-state index contributed by atoms with van der Waals surface area (Å²) in [5.41, 5.74) is 0.789. The summed E-state index contributed by atoms with van der Waals surface area (Å²) in [4.78, 5) is 30.8. The molecule has 1 aliphatic rings. The Labute approximate surface area is 199 Å².